The van der Waals surface area contributed by atoms with E-state index in [0.29, 0.717) is 5.69 Å². The molecule has 0 saturated carbocycles. The SMILES string of the molecule is CCOC(=O)C(N)CSC1CC(=O)N(c2ccc(Br)cc2)C1=O. The lowest BCUT2D eigenvalue weighted by Gasteiger charge is -2.15. The van der Waals surface area contributed by atoms with Crippen LogP contribution < -0.4 is 10.6 Å². The van der Waals surface area contributed by atoms with E-state index in [4.69, 9.17) is 10.5 Å². The first-order valence-corrected chi connectivity index (χ1v) is 8.94. The summed E-state index contributed by atoms with van der Waals surface area (Å²) in [5.41, 5.74) is 6.26. The molecule has 0 spiro atoms. The Morgan fingerprint density at radius 1 is 1.43 bits per heavy atom. The van der Waals surface area contributed by atoms with Crippen molar-refractivity contribution in [1.29, 1.82) is 0 Å². The van der Waals surface area contributed by atoms with E-state index in [-0.39, 0.29) is 30.6 Å². The Morgan fingerprint density at radius 2 is 2.09 bits per heavy atom. The van der Waals surface area contributed by atoms with Crippen LogP contribution in [0.5, 0.6) is 0 Å². The number of anilines is 1. The zero-order chi connectivity index (χ0) is 17.0. The minimum atomic E-state index is -0.801. The van der Waals surface area contributed by atoms with Crippen molar-refractivity contribution in [2.24, 2.45) is 5.73 Å². The molecule has 0 bridgehead atoms. The number of thioether (sulfide) groups is 1. The third-order valence-electron chi connectivity index (χ3n) is 3.26. The highest BCUT2D eigenvalue weighted by Crippen LogP contribution is 2.30. The fourth-order valence-electron chi connectivity index (χ4n) is 2.13. The van der Waals surface area contributed by atoms with Gasteiger partial charge in [0.1, 0.15) is 6.04 Å². The van der Waals surface area contributed by atoms with Gasteiger partial charge in [-0.25, -0.2) is 4.90 Å². The van der Waals surface area contributed by atoms with Crippen molar-refractivity contribution in [2.45, 2.75) is 24.6 Å². The predicted molar refractivity (Wildman–Crippen MR) is 92.1 cm³/mol. The summed E-state index contributed by atoms with van der Waals surface area (Å²) in [6.45, 7) is 1.96. The molecule has 1 aliphatic heterocycles. The van der Waals surface area contributed by atoms with Crippen LogP contribution in [0, 0.1) is 0 Å². The summed E-state index contributed by atoms with van der Waals surface area (Å²) in [5, 5.41) is -0.522. The number of rotatable bonds is 6. The van der Waals surface area contributed by atoms with Crippen LogP contribution >= 0.6 is 27.7 Å². The first-order chi connectivity index (χ1) is 10.9. The van der Waals surface area contributed by atoms with E-state index in [9.17, 15) is 14.4 Å². The first-order valence-electron chi connectivity index (χ1n) is 7.10. The van der Waals surface area contributed by atoms with E-state index in [1.54, 1.807) is 31.2 Å². The van der Waals surface area contributed by atoms with Crippen molar-refractivity contribution < 1.29 is 19.1 Å². The van der Waals surface area contributed by atoms with Gasteiger partial charge in [-0.3, -0.25) is 14.4 Å². The number of hydrogen-bond donors (Lipinski definition) is 1. The number of esters is 1. The predicted octanol–water partition coefficient (Wildman–Crippen LogP) is 1.70. The number of hydrogen-bond acceptors (Lipinski definition) is 6. The van der Waals surface area contributed by atoms with Gasteiger partial charge in [0.15, 0.2) is 0 Å². The smallest absolute Gasteiger partial charge is 0.323 e. The van der Waals surface area contributed by atoms with Crippen LogP contribution in [-0.2, 0) is 19.1 Å². The molecule has 8 heteroatoms. The standard InChI is InChI=1S/C15H17BrN2O4S/c1-2-22-15(21)11(17)8-23-12-7-13(19)18(14(12)20)10-5-3-9(16)4-6-10/h3-6,11-12H,2,7-8,17H2,1H3. The first kappa shape index (κ1) is 18.0. The largest absolute Gasteiger partial charge is 0.465 e. The number of ether oxygens (including phenoxy) is 1. The Kier molecular flexibility index (Phi) is 6.20. The highest BCUT2D eigenvalue weighted by Gasteiger charge is 2.40. The second-order valence-corrected chi connectivity index (χ2v) is 7.08. The molecule has 1 heterocycles. The number of amides is 2. The molecule has 0 aliphatic carbocycles. The second-order valence-electron chi connectivity index (χ2n) is 4.93. The zero-order valence-corrected chi connectivity index (χ0v) is 14.9. The fourth-order valence-corrected chi connectivity index (χ4v) is 3.48. The monoisotopic (exact) mass is 400 g/mol. The summed E-state index contributed by atoms with van der Waals surface area (Å²) in [6, 6.07) is 6.15. The van der Waals surface area contributed by atoms with Crippen LogP contribution in [0.25, 0.3) is 0 Å². The maximum absolute atomic E-state index is 12.4. The molecule has 2 N–H and O–H groups in total. The molecule has 1 aromatic rings. The lowest BCUT2D eigenvalue weighted by atomic mass is 10.3. The van der Waals surface area contributed by atoms with Gasteiger partial charge in [-0.15, -0.1) is 11.8 Å². The van der Waals surface area contributed by atoms with Crippen LogP contribution in [0.4, 0.5) is 5.69 Å². The molecule has 2 amide bonds. The molecule has 2 atom stereocenters. The van der Waals surface area contributed by atoms with Crippen molar-refractivity contribution in [3.05, 3.63) is 28.7 Å². The summed E-state index contributed by atoms with van der Waals surface area (Å²) < 4.78 is 5.69. The molecule has 1 aliphatic rings. The molecule has 124 valence electrons. The Labute approximate surface area is 146 Å². The number of carbonyl (C=O) groups is 3. The van der Waals surface area contributed by atoms with Crippen molar-refractivity contribution in [3.8, 4) is 0 Å². The van der Waals surface area contributed by atoms with Crippen molar-refractivity contribution in [3.63, 3.8) is 0 Å². The van der Waals surface area contributed by atoms with Crippen LogP contribution in [0.3, 0.4) is 0 Å². The zero-order valence-electron chi connectivity index (χ0n) is 12.5. The molecule has 2 rings (SSSR count). The van der Waals surface area contributed by atoms with E-state index in [0.717, 1.165) is 4.47 Å². The molecule has 1 fully saturated rings. The fraction of sp³-hybridized carbons (Fsp3) is 0.400. The van der Waals surface area contributed by atoms with Gasteiger partial charge < -0.3 is 10.5 Å². The summed E-state index contributed by atoms with van der Waals surface area (Å²) in [7, 11) is 0. The number of nitrogens with zero attached hydrogens (tertiary/aromatic N) is 1. The van der Waals surface area contributed by atoms with Gasteiger partial charge in [0.05, 0.1) is 17.5 Å². The Hall–Kier alpha value is -1.38. The molecule has 6 nitrogen and oxygen atoms in total. The maximum Gasteiger partial charge on any atom is 0.323 e. The van der Waals surface area contributed by atoms with Gasteiger partial charge in [-0.05, 0) is 31.2 Å². The topological polar surface area (TPSA) is 89.7 Å². The third-order valence-corrected chi connectivity index (χ3v) is 5.11. The minimum Gasteiger partial charge on any atom is -0.465 e. The van der Waals surface area contributed by atoms with Crippen molar-refractivity contribution >= 4 is 51.2 Å². The van der Waals surface area contributed by atoms with Crippen LogP contribution in [0.1, 0.15) is 13.3 Å². The van der Waals surface area contributed by atoms with Crippen LogP contribution in [-0.4, -0.2) is 41.4 Å². The van der Waals surface area contributed by atoms with E-state index >= 15 is 0 Å². The highest BCUT2D eigenvalue weighted by molar-refractivity contribution is 9.10. The average molecular weight is 401 g/mol. The van der Waals surface area contributed by atoms with Gasteiger partial charge in [0, 0.05) is 16.6 Å². The second kappa shape index (κ2) is 7.94. The van der Waals surface area contributed by atoms with Crippen molar-refractivity contribution in [1.82, 2.24) is 0 Å². The number of carbonyl (C=O) groups excluding carboxylic acids is 3. The highest BCUT2D eigenvalue weighted by atomic mass is 79.9. The van der Waals surface area contributed by atoms with Gasteiger partial charge in [-0.1, -0.05) is 15.9 Å². The van der Waals surface area contributed by atoms with Crippen LogP contribution in [0.15, 0.2) is 28.7 Å². The van der Waals surface area contributed by atoms with Crippen molar-refractivity contribution in [2.75, 3.05) is 17.3 Å². The summed E-state index contributed by atoms with van der Waals surface area (Å²) in [6.07, 6.45) is 0.106. The van der Waals surface area contributed by atoms with E-state index in [1.165, 1.54) is 16.7 Å². The summed E-state index contributed by atoms with van der Waals surface area (Å²) in [4.78, 5) is 37.2. The van der Waals surface area contributed by atoms with Gasteiger partial charge in [-0.2, -0.15) is 0 Å². The molecule has 0 radical (unpaired) electrons. The van der Waals surface area contributed by atoms with Gasteiger partial charge in [0.2, 0.25) is 11.8 Å². The normalized spacial score (nSPS) is 19.1. The lowest BCUT2D eigenvalue weighted by Crippen LogP contribution is -2.36. The number of imide groups is 1. The Balaban J connectivity index is 1.98. The molecule has 1 saturated heterocycles. The molecule has 23 heavy (non-hydrogen) atoms. The Morgan fingerprint density at radius 3 is 2.70 bits per heavy atom. The van der Waals surface area contributed by atoms with Crippen LogP contribution in [0.2, 0.25) is 0 Å². The van der Waals surface area contributed by atoms with E-state index < -0.39 is 17.3 Å². The molecular formula is C15H17BrN2O4S. The molecule has 2 unspecified atom stereocenters. The number of nitrogens with two attached hydrogens (primary N) is 1. The third kappa shape index (κ3) is 4.33. The van der Waals surface area contributed by atoms with Gasteiger partial charge >= 0.3 is 5.97 Å². The lowest BCUT2D eigenvalue weighted by molar-refractivity contribution is -0.144. The van der Waals surface area contributed by atoms with E-state index in [2.05, 4.69) is 15.9 Å². The van der Waals surface area contributed by atoms with E-state index in [1.807, 2.05) is 0 Å². The number of halogens is 1. The minimum absolute atomic E-state index is 0.106. The summed E-state index contributed by atoms with van der Waals surface area (Å²) >= 11 is 4.53. The quantitative estimate of drug-likeness (QED) is 0.577. The van der Waals surface area contributed by atoms with Gasteiger partial charge in [0.25, 0.3) is 0 Å². The molecule has 1 aromatic carbocycles. The summed E-state index contributed by atoms with van der Waals surface area (Å²) in [5.74, 6) is -0.795. The number of benzene rings is 1. The average Bonchev–Trinajstić information content (AvgIpc) is 2.80. The molecule has 0 aromatic heterocycles. The molecular weight excluding hydrogens is 384 g/mol. The Bertz CT molecular complexity index is 608. The maximum atomic E-state index is 12.4.